The van der Waals surface area contributed by atoms with Gasteiger partial charge in [-0.1, -0.05) is 6.07 Å². The van der Waals surface area contributed by atoms with Gasteiger partial charge < -0.3 is 9.47 Å². The molecule has 4 nitrogen and oxygen atoms in total. The topological polar surface area (TPSA) is 45.5 Å². The first-order valence-electron chi connectivity index (χ1n) is 5.47. The highest BCUT2D eigenvalue weighted by atomic mass is 16.5. The molecule has 0 aromatic heterocycles. The van der Waals surface area contributed by atoms with Crippen molar-refractivity contribution in [2.24, 2.45) is 0 Å². The van der Waals surface area contributed by atoms with E-state index in [1.807, 2.05) is 30.1 Å². The molecule has 0 unspecified atom stereocenters. The van der Waals surface area contributed by atoms with E-state index in [1.165, 1.54) is 0 Å². The molecule has 0 aliphatic heterocycles. The molecule has 1 aromatic rings. The van der Waals surface area contributed by atoms with Gasteiger partial charge in [0.25, 0.3) is 0 Å². The highest BCUT2D eigenvalue weighted by molar-refractivity contribution is 5.40. The van der Waals surface area contributed by atoms with Crippen molar-refractivity contribution in [1.29, 1.82) is 5.26 Å². The van der Waals surface area contributed by atoms with E-state index in [4.69, 9.17) is 14.7 Å². The zero-order chi connectivity index (χ0) is 12.7. The molecule has 4 heteroatoms. The van der Waals surface area contributed by atoms with Crippen LogP contribution in [0.5, 0.6) is 11.5 Å². The summed E-state index contributed by atoms with van der Waals surface area (Å²) in [5.41, 5.74) is 1.12. The maximum Gasteiger partial charge on any atom is 0.125 e. The molecule has 0 bridgehead atoms. The van der Waals surface area contributed by atoms with Crippen LogP contribution in [0.4, 0.5) is 0 Å². The number of nitriles is 1. The molecule has 0 spiro atoms. The van der Waals surface area contributed by atoms with Crippen LogP contribution in [0.25, 0.3) is 0 Å². The highest BCUT2D eigenvalue weighted by Crippen LogP contribution is 2.24. The van der Waals surface area contributed by atoms with Gasteiger partial charge in [0.05, 0.1) is 26.8 Å². The van der Waals surface area contributed by atoms with Gasteiger partial charge in [0, 0.05) is 12.6 Å². The van der Waals surface area contributed by atoms with Crippen LogP contribution in [0, 0.1) is 11.3 Å². The summed E-state index contributed by atoms with van der Waals surface area (Å²) in [7, 11) is 5.21. The van der Waals surface area contributed by atoms with Crippen LogP contribution in [0.15, 0.2) is 18.2 Å². The minimum absolute atomic E-state index is 0.443. The van der Waals surface area contributed by atoms with Crippen LogP contribution in [-0.4, -0.2) is 39.3 Å². The van der Waals surface area contributed by atoms with Gasteiger partial charge in [0.15, 0.2) is 0 Å². The molecule has 0 fully saturated rings. The Hall–Kier alpha value is -1.73. The van der Waals surface area contributed by atoms with Crippen molar-refractivity contribution in [2.45, 2.75) is 6.42 Å². The number of hydrogen-bond acceptors (Lipinski definition) is 4. The molecule has 1 aromatic carbocycles. The van der Waals surface area contributed by atoms with Crippen molar-refractivity contribution >= 4 is 0 Å². The molecule has 0 saturated carbocycles. The second-order valence-corrected chi connectivity index (χ2v) is 3.82. The summed E-state index contributed by atoms with van der Waals surface area (Å²) in [6, 6.07) is 7.92. The molecular weight excluding hydrogens is 216 g/mol. The largest absolute Gasteiger partial charge is 0.497 e. The van der Waals surface area contributed by atoms with E-state index >= 15 is 0 Å². The minimum atomic E-state index is 0.443. The third-order valence-electron chi connectivity index (χ3n) is 2.60. The Morgan fingerprint density at radius 3 is 2.65 bits per heavy atom. The van der Waals surface area contributed by atoms with E-state index < -0.39 is 0 Å². The molecule has 0 atom stereocenters. The summed E-state index contributed by atoms with van der Waals surface area (Å²) in [4.78, 5) is 1.98. The fourth-order valence-electron chi connectivity index (χ4n) is 1.57. The van der Waals surface area contributed by atoms with E-state index in [1.54, 1.807) is 14.2 Å². The van der Waals surface area contributed by atoms with Gasteiger partial charge in [0.1, 0.15) is 11.5 Å². The van der Waals surface area contributed by atoms with Crippen LogP contribution >= 0.6 is 0 Å². The van der Waals surface area contributed by atoms with Crippen LogP contribution in [0.2, 0.25) is 0 Å². The Bertz CT molecular complexity index is 399. The molecule has 0 N–H and O–H groups in total. The van der Waals surface area contributed by atoms with E-state index in [0.717, 1.165) is 30.0 Å². The fraction of sp³-hybridized carbons (Fsp3) is 0.462. The maximum absolute atomic E-state index is 8.57. The third-order valence-corrected chi connectivity index (χ3v) is 2.60. The summed E-state index contributed by atoms with van der Waals surface area (Å²) in [5, 5.41) is 8.57. The molecule has 0 saturated heterocycles. The molecule has 92 valence electrons. The Morgan fingerprint density at radius 1 is 1.29 bits per heavy atom. The molecule has 0 amide bonds. The lowest BCUT2D eigenvalue weighted by atomic mass is 10.1. The molecule has 0 heterocycles. The van der Waals surface area contributed by atoms with Crippen molar-refractivity contribution in [3.05, 3.63) is 23.8 Å². The van der Waals surface area contributed by atoms with Gasteiger partial charge in [-0.2, -0.15) is 5.26 Å². The summed E-state index contributed by atoms with van der Waals surface area (Å²) in [6.45, 7) is 1.27. The first-order chi connectivity index (χ1) is 8.21. The lowest BCUT2D eigenvalue weighted by molar-refractivity contribution is 0.367. The van der Waals surface area contributed by atoms with Crippen molar-refractivity contribution in [3.63, 3.8) is 0 Å². The fourth-order valence-corrected chi connectivity index (χ4v) is 1.57. The van der Waals surface area contributed by atoms with E-state index in [0.29, 0.717) is 6.54 Å². The first kappa shape index (κ1) is 13.3. The number of likely N-dealkylation sites (N-methyl/N-ethyl adjacent to an activating group) is 1. The molecular formula is C13H18N2O2. The van der Waals surface area contributed by atoms with E-state index in [-0.39, 0.29) is 0 Å². The van der Waals surface area contributed by atoms with Gasteiger partial charge in [-0.3, -0.25) is 4.90 Å². The summed E-state index contributed by atoms with van der Waals surface area (Å²) < 4.78 is 10.5. The summed E-state index contributed by atoms with van der Waals surface area (Å²) in [6.07, 6.45) is 0.853. The SMILES string of the molecule is COc1ccc(CCN(C)CC#N)c(OC)c1. The Balaban J connectivity index is 2.67. The molecule has 1 rings (SSSR count). The van der Waals surface area contributed by atoms with Crippen molar-refractivity contribution < 1.29 is 9.47 Å². The number of hydrogen-bond donors (Lipinski definition) is 0. The molecule has 0 aliphatic carbocycles. The average Bonchev–Trinajstić information content (AvgIpc) is 2.36. The normalized spacial score (nSPS) is 10.1. The van der Waals surface area contributed by atoms with Gasteiger partial charge in [-0.05, 0) is 25.1 Å². The van der Waals surface area contributed by atoms with Crippen molar-refractivity contribution in [1.82, 2.24) is 4.90 Å². The van der Waals surface area contributed by atoms with Crippen LogP contribution in [-0.2, 0) is 6.42 Å². The van der Waals surface area contributed by atoms with Crippen molar-refractivity contribution in [2.75, 3.05) is 34.4 Å². The van der Waals surface area contributed by atoms with Crippen molar-refractivity contribution in [3.8, 4) is 17.6 Å². The average molecular weight is 234 g/mol. The van der Waals surface area contributed by atoms with E-state index in [2.05, 4.69) is 6.07 Å². The smallest absolute Gasteiger partial charge is 0.125 e. The number of nitrogens with zero attached hydrogens (tertiary/aromatic N) is 2. The predicted octanol–water partition coefficient (Wildman–Crippen LogP) is 1.70. The first-order valence-corrected chi connectivity index (χ1v) is 5.47. The predicted molar refractivity (Wildman–Crippen MR) is 66.4 cm³/mol. The summed E-state index contributed by atoms with van der Waals surface area (Å²) >= 11 is 0. The van der Waals surface area contributed by atoms with Crippen LogP contribution < -0.4 is 9.47 Å². The number of methoxy groups -OCH3 is 2. The second-order valence-electron chi connectivity index (χ2n) is 3.82. The Morgan fingerprint density at radius 2 is 2.06 bits per heavy atom. The van der Waals surface area contributed by atoms with Gasteiger partial charge in [0.2, 0.25) is 0 Å². The highest BCUT2D eigenvalue weighted by Gasteiger charge is 2.06. The van der Waals surface area contributed by atoms with Gasteiger partial charge in [-0.25, -0.2) is 0 Å². The standard InChI is InChI=1S/C13H18N2O2/c1-15(9-7-14)8-6-11-4-5-12(16-2)10-13(11)17-3/h4-5,10H,6,8-9H2,1-3H3. The zero-order valence-electron chi connectivity index (χ0n) is 10.6. The summed E-state index contributed by atoms with van der Waals surface area (Å²) in [5.74, 6) is 1.62. The molecule has 0 aliphatic rings. The number of ether oxygens (including phenoxy) is 2. The number of rotatable bonds is 6. The Kier molecular flexibility index (Phi) is 5.31. The molecule has 0 radical (unpaired) electrons. The monoisotopic (exact) mass is 234 g/mol. The lowest BCUT2D eigenvalue weighted by Gasteiger charge is -2.14. The zero-order valence-corrected chi connectivity index (χ0v) is 10.6. The Labute approximate surface area is 102 Å². The molecule has 17 heavy (non-hydrogen) atoms. The minimum Gasteiger partial charge on any atom is -0.497 e. The lowest BCUT2D eigenvalue weighted by Crippen LogP contribution is -2.21. The number of benzene rings is 1. The maximum atomic E-state index is 8.57. The van der Waals surface area contributed by atoms with E-state index in [9.17, 15) is 0 Å². The van der Waals surface area contributed by atoms with Gasteiger partial charge in [-0.15, -0.1) is 0 Å². The van der Waals surface area contributed by atoms with Crippen LogP contribution in [0.1, 0.15) is 5.56 Å². The van der Waals surface area contributed by atoms with Crippen LogP contribution in [0.3, 0.4) is 0 Å². The van der Waals surface area contributed by atoms with Gasteiger partial charge >= 0.3 is 0 Å². The quantitative estimate of drug-likeness (QED) is 0.703. The second kappa shape index (κ2) is 6.77. The third kappa shape index (κ3) is 3.97.